The van der Waals surface area contributed by atoms with Crippen molar-refractivity contribution in [1.29, 1.82) is 0 Å². The van der Waals surface area contributed by atoms with E-state index in [1.165, 1.54) is 0 Å². The lowest BCUT2D eigenvalue weighted by Crippen LogP contribution is -2.44. The number of hydrogen-bond acceptors (Lipinski definition) is 3. The third-order valence-corrected chi connectivity index (χ3v) is 3.27. The van der Waals surface area contributed by atoms with Crippen LogP contribution in [0.1, 0.15) is 34.1 Å². The molecule has 1 fully saturated rings. The largest absolute Gasteiger partial charge is 0.380 e. The van der Waals surface area contributed by atoms with Gasteiger partial charge in [-0.2, -0.15) is 0 Å². The number of ether oxygens (including phenoxy) is 1. The summed E-state index contributed by atoms with van der Waals surface area (Å²) < 4.78 is 5.36. The number of nitrogens with zero attached hydrogens (tertiary/aromatic N) is 1. The van der Waals surface area contributed by atoms with E-state index in [9.17, 15) is 0 Å². The van der Waals surface area contributed by atoms with Crippen LogP contribution in [0.3, 0.4) is 0 Å². The Morgan fingerprint density at radius 2 is 1.87 bits per heavy atom. The predicted octanol–water partition coefficient (Wildman–Crippen LogP) is 1.48. The molecule has 0 aromatic rings. The van der Waals surface area contributed by atoms with Crippen molar-refractivity contribution in [1.82, 2.24) is 10.2 Å². The highest BCUT2D eigenvalue weighted by Crippen LogP contribution is 2.14. The van der Waals surface area contributed by atoms with Crippen molar-refractivity contribution in [2.45, 2.75) is 58.3 Å². The van der Waals surface area contributed by atoms with E-state index in [-0.39, 0.29) is 0 Å². The van der Waals surface area contributed by atoms with Crippen LogP contribution in [0.2, 0.25) is 0 Å². The molecule has 0 radical (unpaired) electrons. The van der Waals surface area contributed by atoms with Crippen molar-refractivity contribution < 1.29 is 4.74 Å². The molecule has 0 aromatic carbocycles. The van der Waals surface area contributed by atoms with E-state index in [0.717, 1.165) is 19.5 Å². The van der Waals surface area contributed by atoms with E-state index in [1.807, 2.05) is 0 Å². The molecule has 0 bridgehead atoms. The Kier molecular flexibility index (Phi) is 5.03. The Morgan fingerprint density at radius 1 is 1.27 bits per heavy atom. The van der Waals surface area contributed by atoms with Gasteiger partial charge in [0.05, 0.1) is 6.10 Å². The van der Waals surface area contributed by atoms with Crippen molar-refractivity contribution in [3.05, 3.63) is 0 Å². The summed E-state index contributed by atoms with van der Waals surface area (Å²) in [5, 5.41) is 3.53. The molecule has 0 aliphatic carbocycles. The van der Waals surface area contributed by atoms with Crippen molar-refractivity contribution in [2.24, 2.45) is 0 Å². The zero-order chi connectivity index (χ0) is 11.4. The maximum Gasteiger partial charge on any atom is 0.0711 e. The maximum absolute atomic E-state index is 5.36. The summed E-state index contributed by atoms with van der Waals surface area (Å²) >= 11 is 0. The molecule has 1 N–H and O–H groups in total. The second kappa shape index (κ2) is 5.83. The van der Waals surface area contributed by atoms with Gasteiger partial charge in [0.15, 0.2) is 0 Å². The van der Waals surface area contributed by atoms with Gasteiger partial charge in [-0.3, -0.25) is 4.90 Å². The molecule has 2 atom stereocenters. The molecule has 90 valence electrons. The standard InChI is InChI=1S/C12H26N2O/c1-9(2)14(10(3)4)8-11-6-12(15-5)7-13-11/h9-13H,6-8H2,1-5H3/t11-,12-/m0/s1. The summed E-state index contributed by atoms with van der Waals surface area (Å²) in [7, 11) is 1.80. The molecule has 0 saturated carbocycles. The molecule has 3 heteroatoms. The van der Waals surface area contributed by atoms with Crippen molar-refractivity contribution in [3.8, 4) is 0 Å². The Morgan fingerprint density at radius 3 is 2.27 bits per heavy atom. The molecule has 3 nitrogen and oxygen atoms in total. The van der Waals surface area contributed by atoms with E-state index in [0.29, 0.717) is 24.2 Å². The molecule has 1 heterocycles. The first-order chi connectivity index (χ1) is 7.04. The average Bonchev–Trinajstić information content (AvgIpc) is 2.60. The van der Waals surface area contributed by atoms with E-state index >= 15 is 0 Å². The Bertz CT molecular complexity index is 174. The van der Waals surface area contributed by atoms with Crippen LogP contribution in [-0.2, 0) is 4.74 Å². The molecule has 0 spiro atoms. The van der Waals surface area contributed by atoms with Gasteiger partial charge in [-0.25, -0.2) is 0 Å². The molecular weight excluding hydrogens is 188 g/mol. The summed E-state index contributed by atoms with van der Waals surface area (Å²) in [5.74, 6) is 0. The lowest BCUT2D eigenvalue weighted by Gasteiger charge is -2.32. The molecule has 0 unspecified atom stereocenters. The van der Waals surface area contributed by atoms with E-state index in [2.05, 4.69) is 37.9 Å². The summed E-state index contributed by atoms with van der Waals surface area (Å²) in [6, 6.07) is 1.83. The van der Waals surface area contributed by atoms with Gasteiger partial charge in [0.25, 0.3) is 0 Å². The van der Waals surface area contributed by atoms with Crippen molar-refractivity contribution in [2.75, 3.05) is 20.2 Å². The minimum Gasteiger partial charge on any atom is -0.380 e. The quantitative estimate of drug-likeness (QED) is 0.750. The SMILES string of the molecule is CO[C@@H]1CN[C@H](CN(C(C)C)C(C)C)C1. The second-order valence-electron chi connectivity index (χ2n) is 5.08. The van der Waals surface area contributed by atoms with Crippen LogP contribution in [0.25, 0.3) is 0 Å². The molecular formula is C12H26N2O. The Labute approximate surface area is 94.2 Å². The van der Waals surface area contributed by atoms with Gasteiger partial charge in [0.2, 0.25) is 0 Å². The molecule has 0 aromatic heterocycles. The highest BCUT2D eigenvalue weighted by Gasteiger charge is 2.26. The number of rotatable bonds is 5. The third kappa shape index (κ3) is 3.74. The first-order valence-electron chi connectivity index (χ1n) is 6.06. The zero-order valence-electron chi connectivity index (χ0n) is 10.8. The number of nitrogens with one attached hydrogen (secondary N) is 1. The summed E-state index contributed by atoms with van der Waals surface area (Å²) in [4.78, 5) is 2.54. The fraction of sp³-hybridized carbons (Fsp3) is 1.00. The van der Waals surface area contributed by atoms with Gasteiger partial charge in [0.1, 0.15) is 0 Å². The van der Waals surface area contributed by atoms with Crippen LogP contribution in [0.5, 0.6) is 0 Å². The van der Waals surface area contributed by atoms with Crippen LogP contribution in [-0.4, -0.2) is 49.3 Å². The molecule has 1 saturated heterocycles. The molecule has 15 heavy (non-hydrogen) atoms. The average molecular weight is 214 g/mol. The van der Waals surface area contributed by atoms with Gasteiger partial charge in [-0.05, 0) is 34.1 Å². The van der Waals surface area contributed by atoms with E-state index in [1.54, 1.807) is 7.11 Å². The number of methoxy groups -OCH3 is 1. The van der Waals surface area contributed by atoms with Gasteiger partial charge < -0.3 is 10.1 Å². The fourth-order valence-corrected chi connectivity index (χ4v) is 2.37. The van der Waals surface area contributed by atoms with Crippen LogP contribution < -0.4 is 5.32 Å². The van der Waals surface area contributed by atoms with Crippen molar-refractivity contribution >= 4 is 0 Å². The third-order valence-electron chi connectivity index (χ3n) is 3.27. The second-order valence-corrected chi connectivity index (χ2v) is 5.08. The lowest BCUT2D eigenvalue weighted by molar-refractivity contribution is 0.111. The minimum atomic E-state index is 0.413. The van der Waals surface area contributed by atoms with Crippen LogP contribution in [0.15, 0.2) is 0 Å². The zero-order valence-corrected chi connectivity index (χ0v) is 10.8. The topological polar surface area (TPSA) is 24.5 Å². The molecule has 1 aliphatic rings. The van der Waals surface area contributed by atoms with Gasteiger partial charge >= 0.3 is 0 Å². The van der Waals surface area contributed by atoms with Crippen LogP contribution >= 0.6 is 0 Å². The Hall–Kier alpha value is -0.120. The smallest absolute Gasteiger partial charge is 0.0711 e. The fourth-order valence-electron chi connectivity index (χ4n) is 2.37. The molecule has 1 aliphatic heterocycles. The number of hydrogen-bond donors (Lipinski definition) is 1. The first-order valence-corrected chi connectivity index (χ1v) is 6.06. The monoisotopic (exact) mass is 214 g/mol. The summed E-state index contributed by atoms with van der Waals surface area (Å²) in [6.45, 7) is 11.2. The van der Waals surface area contributed by atoms with Gasteiger partial charge in [-0.15, -0.1) is 0 Å². The highest BCUT2D eigenvalue weighted by atomic mass is 16.5. The Balaban J connectivity index is 2.39. The van der Waals surface area contributed by atoms with Crippen LogP contribution in [0.4, 0.5) is 0 Å². The summed E-state index contributed by atoms with van der Waals surface area (Å²) in [5.41, 5.74) is 0. The highest BCUT2D eigenvalue weighted by molar-refractivity contribution is 4.85. The minimum absolute atomic E-state index is 0.413. The van der Waals surface area contributed by atoms with E-state index < -0.39 is 0 Å². The van der Waals surface area contributed by atoms with Gasteiger partial charge in [0, 0.05) is 38.3 Å². The summed E-state index contributed by atoms with van der Waals surface area (Å²) in [6.07, 6.45) is 1.56. The molecule has 1 rings (SSSR count). The van der Waals surface area contributed by atoms with Gasteiger partial charge in [-0.1, -0.05) is 0 Å². The lowest BCUT2D eigenvalue weighted by atomic mass is 10.1. The van der Waals surface area contributed by atoms with Crippen molar-refractivity contribution in [3.63, 3.8) is 0 Å². The van der Waals surface area contributed by atoms with E-state index in [4.69, 9.17) is 4.74 Å². The maximum atomic E-state index is 5.36. The van der Waals surface area contributed by atoms with Crippen LogP contribution in [0, 0.1) is 0 Å². The molecule has 0 amide bonds. The predicted molar refractivity (Wildman–Crippen MR) is 64.2 cm³/mol. The first kappa shape index (κ1) is 12.9. The normalized spacial score (nSPS) is 27.2.